The highest BCUT2D eigenvalue weighted by Crippen LogP contribution is 2.24. The zero-order chi connectivity index (χ0) is 18.0. The molecule has 2 aromatic rings. The van der Waals surface area contributed by atoms with E-state index in [0.717, 1.165) is 5.56 Å². The fourth-order valence-corrected chi connectivity index (χ4v) is 4.42. The molecule has 1 aliphatic rings. The van der Waals surface area contributed by atoms with Gasteiger partial charge in [-0.1, -0.05) is 12.1 Å². The van der Waals surface area contributed by atoms with Crippen LogP contribution in [0.3, 0.4) is 0 Å². The fourth-order valence-electron chi connectivity index (χ4n) is 2.86. The maximum absolute atomic E-state index is 12.9. The van der Waals surface area contributed by atoms with Gasteiger partial charge in [0, 0.05) is 25.7 Å². The Labute approximate surface area is 146 Å². The van der Waals surface area contributed by atoms with Crippen molar-refractivity contribution in [2.75, 3.05) is 23.7 Å². The first-order chi connectivity index (χ1) is 11.9. The van der Waals surface area contributed by atoms with Crippen molar-refractivity contribution >= 4 is 21.6 Å². The Kier molecular flexibility index (Phi) is 4.76. The first-order valence-electron chi connectivity index (χ1n) is 7.97. The third-order valence-electron chi connectivity index (χ3n) is 4.18. The predicted octanol–water partition coefficient (Wildman–Crippen LogP) is 2.64. The van der Waals surface area contributed by atoms with Gasteiger partial charge in [-0.2, -0.15) is 0 Å². The van der Waals surface area contributed by atoms with Gasteiger partial charge in [0.1, 0.15) is 5.82 Å². The molecule has 1 aliphatic heterocycles. The number of nitrogens with zero attached hydrogens (tertiary/aromatic N) is 2. The summed E-state index contributed by atoms with van der Waals surface area (Å²) in [6.45, 7) is 0.835. The van der Waals surface area contributed by atoms with Gasteiger partial charge < -0.3 is 4.90 Å². The van der Waals surface area contributed by atoms with Crippen LogP contribution in [0.25, 0.3) is 0 Å². The quantitative estimate of drug-likeness (QED) is 0.840. The molecule has 0 atom stereocenters. The molecule has 1 heterocycles. The number of sulfonamides is 1. The van der Waals surface area contributed by atoms with Crippen molar-refractivity contribution in [3.05, 3.63) is 65.5 Å². The minimum atomic E-state index is -3.23. The molecule has 5 nitrogen and oxygen atoms in total. The van der Waals surface area contributed by atoms with Crippen LogP contribution in [0.5, 0.6) is 0 Å². The SMILES string of the molecule is CN(Cc1ccc(F)cc1)C(=O)c1ccc(N2CCCS2(=O)=O)cc1. The van der Waals surface area contributed by atoms with Gasteiger partial charge in [0.05, 0.1) is 11.4 Å². The lowest BCUT2D eigenvalue weighted by Gasteiger charge is -2.19. The van der Waals surface area contributed by atoms with Crippen molar-refractivity contribution in [1.29, 1.82) is 0 Å². The summed E-state index contributed by atoms with van der Waals surface area (Å²) in [5.74, 6) is -0.334. The summed E-state index contributed by atoms with van der Waals surface area (Å²) >= 11 is 0. The second-order valence-corrected chi connectivity index (χ2v) is 8.09. The highest BCUT2D eigenvalue weighted by atomic mass is 32.2. The van der Waals surface area contributed by atoms with Crippen LogP contribution in [0.1, 0.15) is 22.3 Å². The summed E-state index contributed by atoms with van der Waals surface area (Å²) in [5.41, 5.74) is 1.89. The fraction of sp³-hybridized carbons (Fsp3) is 0.278. The molecule has 25 heavy (non-hydrogen) atoms. The van der Waals surface area contributed by atoms with E-state index >= 15 is 0 Å². The van der Waals surface area contributed by atoms with Crippen molar-refractivity contribution in [3.63, 3.8) is 0 Å². The largest absolute Gasteiger partial charge is 0.337 e. The van der Waals surface area contributed by atoms with Gasteiger partial charge in [-0.15, -0.1) is 0 Å². The molecular formula is C18H19FN2O3S. The molecule has 0 spiro atoms. The molecule has 0 radical (unpaired) electrons. The van der Waals surface area contributed by atoms with Crippen molar-refractivity contribution in [2.45, 2.75) is 13.0 Å². The van der Waals surface area contributed by atoms with Gasteiger partial charge >= 0.3 is 0 Å². The van der Waals surface area contributed by atoms with E-state index < -0.39 is 10.0 Å². The summed E-state index contributed by atoms with van der Waals surface area (Å²) in [6, 6.07) is 12.6. The monoisotopic (exact) mass is 362 g/mol. The molecule has 132 valence electrons. The van der Waals surface area contributed by atoms with Crippen LogP contribution in [-0.4, -0.2) is 38.6 Å². The number of hydrogen-bond acceptors (Lipinski definition) is 3. The first-order valence-corrected chi connectivity index (χ1v) is 9.58. The number of carbonyl (C=O) groups excluding carboxylic acids is 1. The van der Waals surface area contributed by atoms with E-state index in [1.165, 1.54) is 21.3 Å². The zero-order valence-electron chi connectivity index (χ0n) is 13.9. The molecule has 1 amide bonds. The van der Waals surface area contributed by atoms with Crippen LogP contribution in [0, 0.1) is 5.82 Å². The van der Waals surface area contributed by atoms with Gasteiger partial charge in [-0.05, 0) is 48.4 Å². The lowest BCUT2D eigenvalue weighted by molar-refractivity contribution is 0.0785. The normalized spacial score (nSPS) is 16.0. The Bertz CT molecular complexity index is 864. The lowest BCUT2D eigenvalue weighted by atomic mass is 10.1. The second kappa shape index (κ2) is 6.84. The van der Waals surface area contributed by atoms with Gasteiger partial charge in [-0.25, -0.2) is 12.8 Å². The molecule has 2 aromatic carbocycles. The predicted molar refractivity (Wildman–Crippen MR) is 94.4 cm³/mol. The van der Waals surface area contributed by atoms with Gasteiger partial charge in [0.2, 0.25) is 10.0 Å². The van der Waals surface area contributed by atoms with E-state index in [1.807, 2.05) is 0 Å². The van der Waals surface area contributed by atoms with Crippen LogP contribution < -0.4 is 4.31 Å². The molecular weight excluding hydrogens is 343 g/mol. The van der Waals surface area contributed by atoms with Gasteiger partial charge in [-0.3, -0.25) is 9.10 Å². The summed E-state index contributed by atoms with van der Waals surface area (Å²) < 4.78 is 38.2. The number of hydrogen-bond donors (Lipinski definition) is 0. The summed E-state index contributed by atoms with van der Waals surface area (Å²) in [5, 5.41) is 0. The van der Waals surface area contributed by atoms with Crippen LogP contribution in [0.2, 0.25) is 0 Å². The van der Waals surface area contributed by atoms with E-state index in [4.69, 9.17) is 0 Å². The Morgan fingerprint density at radius 2 is 1.76 bits per heavy atom. The Hall–Kier alpha value is -2.41. The van der Waals surface area contributed by atoms with E-state index in [9.17, 15) is 17.6 Å². The molecule has 7 heteroatoms. The smallest absolute Gasteiger partial charge is 0.253 e. The number of rotatable bonds is 4. The Balaban J connectivity index is 1.71. The average molecular weight is 362 g/mol. The standard InChI is InChI=1S/C18H19FN2O3S/c1-20(13-14-3-7-16(19)8-4-14)18(22)15-5-9-17(10-6-15)21-11-2-12-25(21,23)24/h3-10H,2,11-13H2,1H3. The van der Waals surface area contributed by atoms with Crippen molar-refractivity contribution < 1.29 is 17.6 Å². The minimum absolute atomic E-state index is 0.161. The Morgan fingerprint density at radius 3 is 2.32 bits per heavy atom. The van der Waals surface area contributed by atoms with Gasteiger partial charge in [0.25, 0.3) is 5.91 Å². The van der Waals surface area contributed by atoms with Crippen LogP contribution in [0.15, 0.2) is 48.5 Å². The summed E-state index contributed by atoms with van der Waals surface area (Å²) in [6.07, 6.45) is 0.615. The van der Waals surface area contributed by atoms with Crippen molar-refractivity contribution in [2.24, 2.45) is 0 Å². The molecule has 3 rings (SSSR count). The van der Waals surface area contributed by atoms with Crippen LogP contribution >= 0.6 is 0 Å². The number of anilines is 1. The molecule has 0 bridgehead atoms. The van der Waals surface area contributed by atoms with E-state index in [0.29, 0.717) is 30.8 Å². The Morgan fingerprint density at radius 1 is 1.12 bits per heavy atom. The maximum atomic E-state index is 12.9. The van der Waals surface area contributed by atoms with Crippen molar-refractivity contribution in [1.82, 2.24) is 4.90 Å². The average Bonchev–Trinajstić information content (AvgIpc) is 2.95. The van der Waals surface area contributed by atoms with E-state index in [2.05, 4.69) is 0 Å². The third kappa shape index (κ3) is 3.82. The van der Waals surface area contributed by atoms with E-state index in [-0.39, 0.29) is 17.5 Å². The highest BCUT2D eigenvalue weighted by molar-refractivity contribution is 7.93. The topological polar surface area (TPSA) is 57.7 Å². The second-order valence-electron chi connectivity index (χ2n) is 6.08. The van der Waals surface area contributed by atoms with Gasteiger partial charge in [0.15, 0.2) is 0 Å². The molecule has 0 aromatic heterocycles. The molecule has 1 saturated heterocycles. The molecule has 0 aliphatic carbocycles. The minimum Gasteiger partial charge on any atom is -0.337 e. The van der Waals surface area contributed by atoms with Crippen LogP contribution in [0.4, 0.5) is 10.1 Å². The number of benzene rings is 2. The highest BCUT2D eigenvalue weighted by Gasteiger charge is 2.28. The number of amides is 1. The number of carbonyl (C=O) groups is 1. The summed E-state index contributed by atoms with van der Waals surface area (Å²) in [4.78, 5) is 14.0. The lowest BCUT2D eigenvalue weighted by Crippen LogP contribution is -2.27. The number of halogens is 1. The zero-order valence-corrected chi connectivity index (χ0v) is 14.7. The van der Waals surface area contributed by atoms with E-state index in [1.54, 1.807) is 43.4 Å². The molecule has 0 saturated carbocycles. The molecule has 1 fully saturated rings. The molecule has 0 unspecified atom stereocenters. The molecule has 0 N–H and O–H groups in total. The van der Waals surface area contributed by atoms with Crippen LogP contribution in [-0.2, 0) is 16.6 Å². The third-order valence-corrected chi connectivity index (χ3v) is 6.05. The first kappa shape index (κ1) is 17.4. The van der Waals surface area contributed by atoms with Crippen molar-refractivity contribution in [3.8, 4) is 0 Å². The summed E-state index contributed by atoms with van der Waals surface area (Å²) in [7, 11) is -1.56. The maximum Gasteiger partial charge on any atom is 0.253 e.